The Morgan fingerprint density at radius 2 is 1.93 bits per heavy atom. The maximum absolute atomic E-state index is 13.1. The van der Waals surface area contributed by atoms with Gasteiger partial charge in [-0.15, -0.1) is 0 Å². The van der Waals surface area contributed by atoms with Crippen LogP contribution in [-0.2, 0) is 14.4 Å². The van der Waals surface area contributed by atoms with Crippen molar-refractivity contribution in [1.82, 2.24) is 10.8 Å². The molecule has 0 aromatic rings. The minimum atomic E-state index is -1.10. The molecule has 0 aromatic carbocycles. The fourth-order valence-electron chi connectivity index (χ4n) is 3.97. The maximum atomic E-state index is 13.1. The molecule has 2 fully saturated rings. The van der Waals surface area contributed by atoms with Gasteiger partial charge in [-0.05, 0) is 0 Å². The summed E-state index contributed by atoms with van der Waals surface area (Å²) in [6, 6.07) is -0.448. The predicted molar refractivity (Wildman–Crippen MR) is 114 cm³/mol. The van der Waals surface area contributed by atoms with Gasteiger partial charge in [-0.3, -0.25) is 0 Å². The Kier molecular flexibility index (Phi) is 8.98. The number of nitrogens with one attached hydrogen (secondary N) is 2. The van der Waals surface area contributed by atoms with E-state index in [1.807, 2.05) is 13.8 Å². The molecule has 7 heteroatoms. The Bertz CT molecular complexity index is 528. The van der Waals surface area contributed by atoms with E-state index in [0.717, 1.165) is 19.3 Å². The SMILES string of the molecule is CCCCC[C@H](CC(=O)NO)C(=O)NC(C(=O)C1[C@@H]2CCCCI12)C(C)C. The van der Waals surface area contributed by atoms with Crippen LogP contribution in [0.2, 0.25) is 0 Å². The number of alkyl halides is 3. The van der Waals surface area contributed by atoms with E-state index in [1.54, 1.807) is 5.48 Å². The number of ketones is 1. The van der Waals surface area contributed by atoms with Crippen molar-refractivity contribution in [2.45, 2.75) is 86.0 Å². The zero-order valence-electron chi connectivity index (χ0n) is 16.8. The minimum absolute atomic E-state index is 0.0455. The Balaban J connectivity index is 1.99. The quantitative estimate of drug-likeness (QED) is 0.135. The number of Topliss-reactive ketones (excluding diaryl/α,β-unsaturated/α-hetero) is 1. The first kappa shape index (κ1) is 22.6. The van der Waals surface area contributed by atoms with Gasteiger partial charge < -0.3 is 0 Å². The molecule has 2 heterocycles. The normalized spacial score (nSPS) is 24.7. The van der Waals surface area contributed by atoms with Crippen LogP contribution in [0.3, 0.4) is 0 Å². The molecule has 0 radical (unpaired) electrons. The summed E-state index contributed by atoms with van der Waals surface area (Å²) >= 11 is -1.10. The average Bonchev–Trinajstić information content (AvgIpc) is 3.38. The molecule has 27 heavy (non-hydrogen) atoms. The molecule has 2 unspecified atom stereocenters. The third-order valence-electron chi connectivity index (χ3n) is 5.62. The van der Waals surface area contributed by atoms with Crippen molar-refractivity contribution in [2.24, 2.45) is 11.8 Å². The van der Waals surface area contributed by atoms with Gasteiger partial charge in [0.25, 0.3) is 0 Å². The molecule has 0 aromatic heterocycles. The number of carbonyl (C=O) groups excluding carboxylic acids is 3. The number of hydroxylamine groups is 1. The molecule has 2 aliphatic rings. The fourth-order valence-corrected chi connectivity index (χ4v) is 12.8. The van der Waals surface area contributed by atoms with Crippen LogP contribution in [0.1, 0.15) is 72.1 Å². The van der Waals surface area contributed by atoms with Crippen LogP contribution < -0.4 is 10.8 Å². The molecule has 2 rings (SSSR count). The molecule has 0 saturated carbocycles. The first-order chi connectivity index (χ1) is 12.9. The van der Waals surface area contributed by atoms with Gasteiger partial charge in [-0.25, -0.2) is 0 Å². The average molecular weight is 494 g/mol. The number of hydrogen-bond donors (Lipinski definition) is 3. The number of amides is 2. The molecule has 2 amide bonds. The Hall–Kier alpha value is -0.700. The molecule has 0 aliphatic carbocycles. The van der Waals surface area contributed by atoms with E-state index in [0.29, 0.717) is 10.3 Å². The van der Waals surface area contributed by atoms with Crippen molar-refractivity contribution in [1.29, 1.82) is 0 Å². The summed E-state index contributed by atoms with van der Waals surface area (Å²) in [5.41, 5.74) is 1.62. The second-order valence-corrected chi connectivity index (χ2v) is 14.6. The molecule has 3 N–H and O–H groups in total. The Labute approximate surface area is 170 Å². The molecule has 0 spiro atoms. The van der Waals surface area contributed by atoms with Crippen molar-refractivity contribution in [2.75, 3.05) is 4.43 Å². The van der Waals surface area contributed by atoms with E-state index in [4.69, 9.17) is 5.21 Å². The number of carbonyl (C=O) groups is 3. The number of halogens is 1. The van der Waals surface area contributed by atoms with Crippen LogP contribution in [-0.4, -0.2) is 41.1 Å². The van der Waals surface area contributed by atoms with Gasteiger partial charge in [0, 0.05) is 0 Å². The first-order valence-corrected chi connectivity index (χ1v) is 14.3. The van der Waals surface area contributed by atoms with E-state index in [2.05, 4.69) is 12.2 Å². The van der Waals surface area contributed by atoms with Gasteiger partial charge >= 0.3 is 170 Å². The Morgan fingerprint density at radius 3 is 2.48 bits per heavy atom. The first-order valence-electron chi connectivity index (χ1n) is 10.3. The number of unbranched alkanes of at least 4 members (excludes halogenated alkanes) is 2. The van der Waals surface area contributed by atoms with E-state index in [1.165, 1.54) is 23.7 Å². The second-order valence-electron chi connectivity index (χ2n) is 8.10. The summed E-state index contributed by atoms with van der Waals surface area (Å²) in [5, 5.41) is 11.8. The third kappa shape index (κ3) is 6.14. The summed E-state index contributed by atoms with van der Waals surface area (Å²) in [4.78, 5) is 37.6. The van der Waals surface area contributed by atoms with Crippen LogP contribution in [0.25, 0.3) is 0 Å². The summed E-state index contributed by atoms with van der Waals surface area (Å²) < 4.78 is 2.23. The van der Waals surface area contributed by atoms with Gasteiger partial charge in [-0.2, -0.15) is 0 Å². The van der Waals surface area contributed by atoms with E-state index >= 15 is 0 Å². The van der Waals surface area contributed by atoms with Gasteiger partial charge in [0.1, 0.15) is 0 Å². The van der Waals surface area contributed by atoms with Gasteiger partial charge in [0.05, 0.1) is 0 Å². The summed E-state index contributed by atoms with van der Waals surface area (Å²) in [6.45, 7) is 6.04. The monoisotopic (exact) mass is 494 g/mol. The van der Waals surface area contributed by atoms with E-state index in [9.17, 15) is 14.4 Å². The Morgan fingerprint density at radius 1 is 1.19 bits per heavy atom. The predicted octanol–water partition coefficient (Wildman–Crippen LogP) is 3.23. The zero-order valence-corrected chi connectivity index (χ0v) is 19.0. The number of fused-ring (bicyclic) bond motifs is 1. The van der Waals surface area contributed by atoms with Crippen LogP contribution in [0.4, 0.5) is 0 Å². The zero-order chi connectivity index (χ0) is 20.0. The summed E-state index contributed by atoms with van der Waals surface area (Å²) in [7, 11) is 0. The van der Waals surface area contributed by atoms with Gasteiger partial charge in [-0.1, -0.05) is 0 Å². The number of hydrogen-bond acceptors (Lipinski definition) is 4. The molecule has 2 saturated heterocycles. The molecule has 0 bridgehead atoms. The fraction of sp³-hybridized carbons (Fsp3) is 0.850. The van der Waals surface area contributed by atoms with Crippen molar-refractivity contribution >= 4 is 37.4 Å². The van der Waals surface area contributed by atoms with Crippen LogP contribution in [0, 0.1) is 11.8 Å². The molecule has 4 atom stereocenters. The van der Waals surface area contributed by atoms with Gasteiger partial charge in [0.2, 0.25) is 0 Å². The van der Waals surface area contributed by atoms with Crippen molar-refractivity contribution in [3.8, 4) is 0 Å². The van der Waals surface area contributed by atoms with Crippen LogP contribution in [0.5, 0.6) is 0 Å². The summed E-state index contributed by atoms with van der Waals surface area (Å²) in [5.74, 6) is -0.994. The third-order valence-corrected chi connectivity index (χ3v) is 13.4. The van der Waals surface area contributed by atoms with Crippen molar-refractivity contribution < 1.29 is 19.6 Å². The van der Waals surface area contributed by atoms with E-state index < -0.39 is 37.7 Å². The molecule has 6 nitrogen and oxygen atoms in total. The van der Waals surface area contributed by atoms with Crippen LogP contribution >= 0.6 is 19.8 Å². The van der Waals surface area contributed by atoms with Crippen LogP contribution in [0.15, 0.2) is 0 Å². The molecule has 2 aliphatic heterocycles. The molecular weight excluding hydrogens is 459 g/mol. The molecule has 156 valence electrons. The van der Waals surface area contributed by atoms with Crippen molar-refractivity contribution in [3.05, 3.63) is 0 Å². The number of rotatable bonds is 11. The van der Waals surface area contributed by atoms with Crippen molar-refractivity contribution in [3.63, 3.8) is 0 Å². The topological polar surface area (TPSA) is 95.5 Å². The second kappa shape index (κ2) is 10.7. The van der Waals surface area contributed by atoms with Gasteiger partial charge in [0.15, 0.2) is 0 Å². The van der Waals surface area contributed by atoms with E-state index in [-0.39, 0.29) is 28.0 Å². The summed E-state index contributed by atoms with van der Waals surface area (Å²) in [6.07, 6.45) is 7.16. The standard InChI is InChI=1S/C20H35IN2O4/c1-4-5-6-9-14(12-16(24)23-27)20(26)22-18(13(2)3)19(25)17-15-10-7-8-11-21(15)17/h13-15,17-18,27H,4-12H2,1-3H3,(H,22,26)(H,23,24)/t14-,15+,17?,18?/m1/s1. The molecular formula is C20H35IN2O4.